The van der Waals surface area contributed by atoms with Crippen molar-refractivity contribution in [1.82, 2.24) is 20.8 Å². The molecule has 7 nitrogen and oxygen atoms in total. The number of ether oxygens (including phenoxy) is 1. The average Bonchev–Trinajstić information content (AvgIpc) is 3.11. The molecule has 1 heterocycles. The SMILES string of the molecule is CCNC(=NCCc1nc(C(C)C)no1)NCCc1cc(C)ccc1OC. The van der Waals surface area contributed by atoms with E-state index in [1.807, 2.05) is 26.8 Å². The zero-order chi connectivity index (χ0) is 19.6. The van der Waals surface area contributed by atoms with Crippen molar-refractivity contribution in [3.05, 3.63) is 41.0 Å². The largest absolute Gasteiger partial charge is 0.496 e. The van der Waals surface area contributed by atoms with Crippen molar-refractivity contribution in [1.29, 1.82) is 0 Å². The number of aryl methyl sites for hydroxylation is 1. The minimum absolute atomic E-state index is 0.267. The number of hydrogen-bond acceptors (Lipinski definition) is 5. The van der Waals surface area contributed by atoms with Crippen molar-refractivity contribution in [2.45, 2.75) is 46.5 Å². The molecule has 0 saturated carbocycles. The van der Waals surface area contributed by atoms with Crippen molar-refractivity contribution in [3.8, 4) is 5.75 Å². The Morgan fingerprint density at radius 1 is 1.26 bits per heavy atom. The van der Waals surface area contributed by atoms with Gasteiger partial charge in [-0.2, -0.15) is 4.98 Å². The third kappa shape index (κ3) is 6.58. The van der Waals surface area contributed by atoms with E-state index in [1.54, 1.807) is 7.11 Å². The van der Waals surface area contributed by atoms with Gasteiger partial charge in [-0.1, -0.05) is 36.7 Å². The molecule has 0 aliphatic rings. The second kappa shape index (κ2) is 10.5. The van der Waals surface area contributed by atoms with Gasteiger partial charge in [0.15, 0.2) is 11.8 Å². The van der Waals surface area contributed by atoms with E-state index >= 15 is 0 Å². The molecule has 0 spiro atoms. The van der Waals surface area contributed by atoms with Gasteiger partial charge < -0.3 is 19.9 Å². The Morgan fingerprint density at radius 3 is 2.74 bits per heavy atom. The second-order valence-corrected chi connectivity index (χ2v) is 6.70. The van der Waals surface area contributed by atoms with Crippen LogP contribution in [-0.2, 0) is 12.8 Å². The van der Waals surface area contributed by atoms with Crippen LogP contribution in [-0.4, -0.2) is 42.8 Å². The van der Waals surface area contributed by atoms with Crippen LogP contribution in [0.25, 0.3) is 0 Å². The maximum Gasteiger partial charge on any atom is 0.228 e. The first-order chi connectivity index (χ1) is 13.0. The van der Waals surface area contributed by atoms with Gasteiger partial charge in [0, 0.05) is 25.4 Å². The number of nitrogens with zero attached hydrogens (tertiary/aromatic N) is 3. The van der Waals surface area contributed by atoms with Gasteiger partial charge >= 0.3 is 0 Å². The van der Waals surface area contributed by atoms with Crippen LogP contribution < -0.4 is 15.4 Å². The van der Waals surface area contributed by atoms with Crippen molar-refractivity contribution in [2.24, 2.45) is 4.99 Å². The molecule has 7 heteroatoms. The third-order valence-corrected chi connectivity index (χ3v) is 4.06. The number of methoxy groups -OCH3 is 1. The van der Waals surface area contributed by atoms with Crippen LogP contribution in [0.5, 0.6) is 5.75 Å². The Kier molecular flexibility index (Phi) is 8.10. The van der Waals surface area contributed by atoms with Crippen molar-refractivity contribution in [2.75, 3.05) is 26.7 Å². The Morgan fingerprint density at radius 2 is 2.07 bits per heavy atom. The average molecular weight is 374 g/mol. The van der Waals surface area contributed by atoms with Gasteiger partial charge in [-0.3, -0.25) is 4.99 Å². The number of nitrogens with one attached hydrogen (secondary N) is 2. The van der Waals surface area contributed by atoms with Gasteiger partial charge in [0.05, 0.1) is 13.7 Å². The van der Waals surface area contributed by atoms with E-state index in [2.05, 4.69) is 44.8 Å². The summed E-state index contributed by atoms with van der Waals surface area (Å²) in [5, 5.41) is 10.6. The molecule has 2 N–H and O–H groups in total. The van der Waals surface area contributed by atoms with Gasteiger partial charge in [-0.05, 0) is 31.9 Å². The number of benzene rings is 1. The summed E-state index contributed by atoms with van der Waals surface area (Å²) in [5.74, 6) is 3.34. The number of guanidine groups is 1. The molecule has 1 aromatic heterocycles. The van der Waals surface area contributed by atoms with Crippen LogP contribution in [0.2, 0.25) is 0 Å². The molecule has 2 aromatic rings. The molecule has 2 rings (SSSR count). The molecule has 27 heavy (non-hydrogen) atoms. The normalized spacial score (nSPS) is 11.7. The lowest BCUT2D eigenvalue weighted by molar-refractivity contribution is 0.372. The summed E-state index contributed by atoms with van der Waals surface area (Å²) in [4.78, 5) is 8.97. The van der Waals surface area contributed by atoms with Crippen molar-refractivity contribution in [3.63, 3.8) is 0 Å². The Bertz CT molecular complexity index is 740. The fourth-order valence-electron chi connectivity index (χ4n) is 2.63. The van der Waals surface area contributed by atoms with E-state index in [-0.39, 0.29) is 5.92 Å². The monoisotopic (exact) mass is 373 g/mol. The number of hydrogen-bond donors (Lipinski definition) is 2. The van der Waals surface area contributed by atoms with E-state index in [4.69, 9.17) is 9.26 Å². The smallest absolute Gasteiger partial charge is 0.228 e. The summed E-state index contributed by atoms with van der Waals surface area (Å²) in [6.07, 6.45) is 1.48. The predicted molar refractivity (Wildman–Crippen MR) is 108 cm³/mol. The molecular formula is C20H31N5O2. The first-order valence-electron chi connectivity index (χ1n) is 9.51. The van der Waals surface area contributed by atoms with E-state index < -0.39 is 0 Å². The topological polar surface area (TPSA) is 84.6 Å². The maximum atomic E-state index is 5.44. The summed E-state index contributed by atoms with van der Waals surface area (Å²) in [6.45, 7) is 10.4. The molecule has 1 aromatic carbocycles. The highest BCUT2D eigenvalue weighted by atomic mass is 16.5. The third-order valence-electron chi connectivity index (χ3n) is 4.06. The molecular weight excluding hydrogens is 342 g/mol. The molecule has 0 aliphatic carbocycles. The first kappa shape index (κ1) is 20.7. The fourth-order valence-corrected chi connectivity index (χ4v) is 2.63. The number of rotatable bonds is 9. The Hall–Kier alpha value is -2.57. The maximum absolute atomic E-state index is 5.44. The fraction of sp³-hybridized carbons (Fsp3) is 0.550. The summed E-state index contributed by atoms with van der Waals surface area (Å²) in [5.41, 5.74) is 2.42. The van der Waals surface area contributed by atoms with E-state index in [9.17, 15) is 0 Å². The standard InChI is InChI=1S/C20H31N5O2/c1-6-21-20(23-12-10-18-24-19(14(2)3)25-27-18)22-11-9-16-13-15(4)7-8-17(16)26-5/h7-8,13-14H,6,9-12H2,1-5H3,(H2,21,22,23). The van der Waals surface area contributed by atoms with Gasteiger partial charge in [0.2, 0.25) is 5.89 Å². The van der Waals surface area contributed by atoms with Crippen molar-refractivity contribution >= 4 is 5.96 Å². The minimum atomic E-state index is 0.267. The molecule has 0 amide bonds. The van der Waals surface area contributed by atoms with Crippen LogP contribution >= 0.6 is 0 Å². The van der Waals surface area contributed by atoms with E-state index in [0.29, 0.717) is 18.9 Å². The van der Waals surface area contributed by atoms with Gasteiger partial charge in [0.25, 0.3) is 0 Å². The lowest BCUT2D eigenvalue weighted by Gasteiger charge is -2.13. The lowest BCUT2D eigenvalue weighted by atomic mass is 10.1. The highest BCUT2D eigenvalue weighted by molar-refractivity contribution is 5.79. The van der Waals surface area contributed by atoms with Gasteiger partial charge in [-0.15, -0.1) is 0 Å². The van der Waals surface area contributed by atoms with Gasteiger partial charge in [0.1, 0.15) is 5.75 Å². The molecule has 0 saturated heterocycles. The van der Waals surface area contributed by atoms with E-state index in [0.717, 1.165) is 37.0 Å². The molecule has 0 fully saturated rings. The van der Waals surface area contributed by atoms with Crippen LogP contribution in [0, 0.1) is 6.92 Å². The molecule has 0 atom stereocenters. The molecule has 0 radical (unpaired) electrons. The number of aromatic nitrogens is 2. The Balaban J connectivity index is 1.87. The molecule has 148 valence electrons. The Labute approximate surface area is 161 Å². The summed E-state index contributed by atoms with van der Waals surface area (Å²) >= 11 is 0. The van der Waals surface area contributed by atoms with Crippen LogP contribution in [0.1, 0.15) is 49.5 Å². The van der Waals surface area contributed by atoms with Crippen LogP contribution in [0.3, 0.4) is 0 Å². The highest BCUT2D eigenvalue weighted by Gasteiger charge is 2.09. The summed E-state index contributed by atoms with van der Waals surface area (Å²) < 4.78 is 10.7. The summed E-state index contributed by atoms with van der Waals surface area (Å²) in [7, 11) is 1.70. The molecule has 0 aliphatic heterocycles. The first-order valence-corrected chi connectivity index (χ1v) is 9.51. The molecule has 0 bridgehead atoms. The molecule has 0 unspecified atom stereocenters. The highest BCUT2D eigenvalue weighted by Crippen LogP contribution is 2.19. The van der Waals surface area contributed by atoms with E-state index in [1.165, 1.54) is 11.1 Å². The summed E-state index contributed by atoms with van der Waals surface area (Å²) in [6, 6.07) is 6.23. The van der Waals surface area contributed by atoms with Crippen LogP contribution in [0.4, 0.5) is 0 Å². The van der Waals surface area contributed by atoms with Gasteiger partial charge in [-0.25, -0.2) is 0 Å². The minimum Gasteiger partial charge on any atom is -0.496 e. The zero-order valence-corrected chi connectivity index (χ0v) is 17.0. The van der Waals surface area contributed by atoms with Crippen LogP contribution in [0.15, 0.2) is 27.7 Å². The quantitative estimate of drug-likeness (QED) is 0.519. The second-order valence-electron chi connectivity index (χ2n) is 6.70. The van der Waals surface area contributed by atoms with Crippen molar-refractivity contribution < 1.29 is 9.26 Å². The zero-order valence-electron chi connectivity index (χ0n) is 17.0. The lowest BCUT2D eigenvalue weighted by Crippen LogP contribution is -2.38. The number of aliphatic imine (C=N–C) groups is 1. The predicted octanol–water partition coefficient (Wildman–Crippen LogP) is 2.85.